The van der Waals surface area contributed by atoms with Gasteiger partial charge in [0.2, 0.25) is 0 Å². The van der Waals surface area contributed by atoms with Crippen LogP contribution in [-0.4, -0.2) is 24.9 Å². The molecular weight excluding hydrogens is 695 g/mol. The smallest absolute Gasteiger partial charge is 0.164 e. The molecule has 2 aliphatic carbocycles. The van der Waals surface area contributed by atoms with Gasteiger partial charge in [0.25, 0.3) is 0 Å². The molecule has 57 heavy (non-hydrogen) atoms. The Morgan fingerprint density at radius 3 is 1.32 bits per heavy atom. The van der Waals surface area contributed by atoms with Gasteiger partial charge in [0, 0.05) is 52.6 Å². The second-order valence-corrected chi connectivity index (χ2v) is 14.5. The summed E-state index contributed by atoms with van der Waals surface area (Å²) in [5, 5.41) is 0. The highest BCUT2D eigenvalue weighted by molar-refractivity contribution is 5.92. The lowest BCUT2D eigenvalue weighted by atomic mass is 9.66. The first-order chi connectivity index (χ1) is 28.2. The Morgan fingerprint density at radius 2 is 0.772 bits per heavy atom. The molecule has 2 aliphatic rings. The summed E-state index contributed by atoms with van der Waals surface area (Å²) in [6.45, 7) is 0. The molecule has 0 unspecified atom stereocenters. The van der Waals surface area contributed by atoms with Crippen LogP contribution in [0.4, 0.5) is 0 Å². The monoisotopic (exact) mass is 727 g/mol. The first kappa shape index (κ1) is 32.8. The third kappa shape index (κ3) is 5.35. The minimum Gasteiger partial charge on any atom is -0.264 e. The van der Waals surface area contributed by atoms with Gasteiger partial charge in [-0.15, -0.1) is 0 Å². The van der Waals surface area contributed by atoms with Crippen molar-refractivity contribution in [2.24, 2.45) is 0 Å². The Morgan fingerprint density at radius 1 is 0.316 bits per heavy atom. The van der Waals surface area contributed by atoms with Gasteiger partial charge in [-0.2, -0.15) is 0 Å². The zero-order valence-corrected chi connectivity index (χ0v) is 30.8. The molecule has 0 amide bonds. The fourth-order valence-electron chi connectivity index (χ4n) is 8.80. The summed E-state index contributed by atoms with van der Waals surface area (Å²) in [6, 6.07) is 58.0. The lowest BCUT2D eigenvalue weighted by Gasteiger charge is -2.35. The third-order valence-corrected chi connectivity index (χ3v) is 11.3. The van der Waals surface area contributed by atoms with Gasteiger partial charge in [0.05, 0.1) is 5.41 Å². The Balaban J connectivity index is 1.15. The highest BCUT2D eigenvalue weighted by atomic mass is 15.0. The van der Waals surface area contributed by atoms with E-state index in [4.69, 9.17) is 15.0 Å². The number of hydrogen-bond acceptors (Lipinski definition) is 5. The van der Waals surface area contributed by atoms with E-state index in [0.29, 0.717) is 17.5 Å². The lowest BCUT2D eigenvalue weighted by molar-refractivity contribution is 0.766. The number of fused-ring (bicyclic) bond motifs is 9. The number of aromatic nitrogens is 5. The summed E-state index contributed by atoms with van der Waals surface area (Å²) in [7, 11) is 0. The van der Waals surface area contributed by atoms with Crippen LogP contribution in [0.25, 0.3) is 79.7 Å². The topological polar surface area (TPSA) is 64.5 Å². The zero-order chi connectivity index (χ0) is 37.8. The molecular formula is C52H33N5. The van der Waals surface area contributed by atoms with Crippen molar-refractivity contribution in [3.05, 3.63) is 222 Å². The van der Waals surface area contributed by atoms with Gasteiger partial charge in [0.1, 0.15) is 0 Å². The average molecular weight is 728 g/mol. The fourth-order valence-corrected chi connectivity index (χ4v) is 8.80. The predicted octanol–water partition coefficient (Wildman–Crippen LogP) is 11.8. The van der Waals surface area contributed by atoms with Crippen LogP contribution in [0.1, 0.15) is 33.4 Å². The number of rotatable bonds is 5. The van der Waals surface area contributed by atoms with Crippen molar-refractivity contribution < 1.29 is 0 Å². The lowest BCUT2D eigenvalue weighted by Crippen LogP contribution is -2.30. The summed E-state index contributed by atoms with van der Waals surface area (Å²) in [5.41, 5.74) is 16.1. The van der Waals surface area contributed by atoms with Crippen molar-refractivity contribution in [3.8, 4) is 67.5 Å². The maximum absolute atomic E-state index is 5.27. The van der Waals surface area contributed by atoms with Gasteiger partial charge < -0.3 is 0 Å². The van der Waals surface area contributed by atoms with E-state index < -0.39 is 5.41 Å². The predicted molar refractivity (Wildman–Crippen MR) is 229 cm³/mol. The molecule has 9 aromatic rings. The SMILES string of the molecule is C1=Cc2ccccc2C2(c3ccccc31)c1ccccc1-c1ccc(-c3nc(-c4cccc(-c5cccnc5)c4)nc(-c4cccc(-c5cccnc5)c4)n3)cc12. The standard InChI is InChI=1S/C52H33N5/c1-4-20-45-34(11-1)23-24-35-12-2-5-21-46(35)52(45)47-22-6-3-19-43(47)44-26-25-40(31-48(44)52)51-56-49(38-15-7-13-36(29-38)41-17-9-27-53-32-41)55-50(57-51)39-16-8-14-37(30-39)42-18-10-28-54-33-42/h1-33H. The molecule has 0 bridgehead atoms. The van der Waals surface area contributed by atoms with Crippen LogP contribution in [0.15, 0.2) is 189 Å². The number of pyridine rings is 2. The minimum absolute atomic E-state index is 0.562. The van der Waals surface area contributed by atoms with E-state index in [1.165, 1.54) is 44.5 Å². The van der Waals surface area contributed by atoms with Gasteiger partial charge in [-0.05, 0) is 86.0 Å². The Labute approximate surface area is 330 Å². The highest BCUT2D eigenvalue weighted by Crippen LogP contribution is 2.59. The van der Waals surface area contributed by atoms with Crippen molar-refractivity contribution in [2.45, 2.75) is 5.41 Å². The minimum atomic E-state index is -0.562. The summed E-state index contributed by atoms with van der Waals surface area (Å²) >= 11 is 0. The van der Waals surface area contributed by atoms with Crippen molar-refractivity contribution in [3.63, 3.8) is 0 Å². The first-order valence-corrected chi connectivity index (χ1v) is 19.1. The molecule has 0 atom stereocenters. The molecule has 0 N–H and O–H groups in total. The fraction of sp³-hybridized carbons (Fsp3) is 0.0192. The molecule has 5 heteroatoms. The molecule has 0 saturated heterocycles. The molecule has 1 spiro atoms. The van der Waals surface area contributed by atoms with Crippen molar-refractivity contribution in [2.75, 3.05) is 0 Å². The highest BCUT2D eigenvalue weighted by Gasteiger charge is 2.48. The van der Waals surface area contributed by atoms with E-state index in [2.05, 4.69) is 174 Å². The van der Waals surface area contributed by atoms with Gasteiger partial charge in [-0.3, -0.25) is 9.97 Å². The van der Waals surface area contributed by atoms with E-state index in [0.717, 1.165) is 38.9 Å². The third-order valence-electron chi connectivity index (χ3n) is 11.3. The van der Waals surface area contributed by atoms with Gasteiger partial charge in [0.15, 0.2) is 17.5 Å². The molecule has 0 radical (unpaired) electrons. The van der Waals surface area contributed by atoms with E-state index in [1.54, 1.807) is 12.4 Å². The van der Waals surface area contributed by atoms with Crippen molar-refractivity contribution in [1.29, 1.82) is 0 Å². The number of benzene rings is 6. The zero-order valence-electron chi connectivity index (χ0n) is 30.8. The van der Waals surface area contributed by atoms with Crippen LogP contribution in [0.5, 0.6) is 0 Å². The van der Waals surface area contributed by atoms with E-state index in [9.17, 15) is 0 Å². The normalized spacial score (nSPS) is 13.0. The number of hydrogen-bond donors (Lipinski definition) is 0. The molecule has 3 heterocycles. The Bertz CT molecular complexity index is 2870. The quantitative estimate of drug-likeness (QED) is 0.177. The second-order valence-electron chi connectivity index (χ2n) is 14.5. The molecule has 5 nitrogen and oxygen atoms in total. The molecule has 6 aromatic carbocycles. The van der Waals surface area contributed by atoms with E-state index >= 15 is 0 Å². The van der Waals surface area contributed by atoms with Crippen molar-refractivity contribution >= 4 is 12.2 Å². The van der Waals surface area contributed by atoms with Crippen LogP contribution >= 0.6 is 0 Å². The van der Waals surface area contributed by atoms with Crippen LogP contribution in [0.3, 0.4) is 0 Å². The molecule has 11 rings (SSSR count). The van der Waals surface area contributed by atoms with Crippen molar-refractivity contribution in [1.82, 2.24) is 24.9 Å². The molecule has 0 fully saturated rings. The summed E-state index contributed by atoms with van der Waals surface area (Å²) in [6.07, 6.45) is 11.9. The van der Waals surface area contributed by atoms with Crippen LogP contribution in [0.2, 0.25) is 0 Å². The molecule has 3 aromatic heterocycles. The number of nitrogens with zero attached hydrogens (tertiary/aromatic N) is 5. The van der Waals surface area contributed by atoms with Gasteiger partial charge >= 0.3 is 0 Å². The Hall–Kier alpha value is -7.63. The van der Waals surface area contributed by atoms with Crippen LogP contribution in [-0.2, 0) is 5.41 Å². The summed E-state index contributed by atoms with van der Waals surface area (Å²) in [5.74, 6) is 1.80. The van der Waals surface area contributed by atoms with Crippen LogP contribution in [0, 0.1) is 0 Å². The largest absolute Gasteiger partial charge is 0.264 e. The van der Waals surface area contributed by atoms with E-state index in [1.807, 2.05) is 24.5 Å². The summed E-state index contributed by atoms with van der Waals surface area (Å²) < 4.78 is 0. The molecule has 0 saturated carbocycles. The maximum atomic E-state index is 5.27. The average Bonchev–Trinajstić information content (AvgIpc) is 3.49. The second kappa shape index (κ2) is 13.3. The summed E-state index contributed by atoms with van der Waals surface area (Å²) in [4.78, 5) is 24.4. The molecule has 266 valence electrons. The van der Waals surface area contributed by atoms with Crippen LogP contribution < -0.4 is 0 Å². The maximum Gasteiger partial charge on any atom is 0.164 e. The Kier molecular flexibility index (Phi) is 7.64. The van der Waals surface area contributed by atoms with E-state index in [-0.39, 0.29) is 0 Å². The van der Waals surface area contributed by atoms with Gasteiger partial charge in [-0.1, -0.05) is 146 Å². The molecule has 0 aliphatic heterocycles. The van der Waals surface area contributed by atoms with Gasteiger partial charge in [-0.25, -0.2) is 15.0 Å². The first-order valence-electron chi connectivity index (χ1n) is 19.1.